The van der Waals surface area contributed by atoms with Gasteiger partial charge in [-0.15, -0.1) is 0 Å². The number of hydrogen-bond acceptors (Lipinski definition) is 3. The summed E-state index contributed by atoms with van der Waals surface area (Å²) in [4.78, 5) is 21.0. The number of hydrogen-bond donors (Lipinski definition) is 2. The van der Waals surface area contributed by atoms with E-state index in [0.29, 0.717) is 13.0 Å². The normalized spacial score (nSPS) is 13.0. The molecule has 2 rings (SSSR count). The Hall–Kier alpha value is -2.56. The zero-order valence-electron chi connectivity index (χ0n) is 15.5. The summed E-state index contributed by atoms with van der Waals surface area (Å²) >= 11 is 0. The zero-order valence-corrected chi connectivity index (χ0v) is 15.5. The second-order valence-electron chi connectivity index (χ2n) is 6.51. The highest BCUT2D eigenvalue weighted by molar-refractivity contribution is 5.79. The van der Waals surface area contributed by atoms with Crippen LogP contribution in [0.3, 0.4) is 0 Å². The van der Waals surface area contributed by atoms with Gasteiger partial charge in [0.15, 0.2) is 0 Å². The maximum absolute atomic E-state index is 10.7. The van der Waals surface area contributed by atoms with Gasteiger partial charge in [-0.25, -0.2) is 4.79 Å². The molecule has 0 bridgehead atoms. The molecule has 0 unspecified atom stereocenters. The smallest absolute Gasteiger partial charge is 0.407 e. The molecule has 0 radical (unpaired) electrons. The SMILES string of the molecule is CCNC(=O)OC(C)(C)C.O=CNc1cccc(C2=CCCC=C2)c1. The van der Waals surface area contributed by atoms with E-state index in [0.717, 1.165) is 24.1 Å². The van der Waals surface area contributed by atoms with Crippen LogP contribution in [0.2, 0.25) is 0 Å². The number of rotatable bonds is 4. The molecular formula is C20H28N2O3. The number of benzene rings is 1. The van der Waals surface area contributed by atoms with Gasteiger partial charge in [-0.2, -0.15) is 0 Å². The molecule has 0 saturated carbocycles. The van der Waals surface area contributed by atoms with Gasteiger partial charge in [-0.3, -0.25) is 4.79 Å². The van der Waals surface area contributed by atoms with E-state index in [1.807, 2.05) is 45.9 Å². The monoisotopic (exact) mass is 344 g/mol. The topological polar surface area (TPSA) is 67.4 Å². The Morgan fingerprint density at radius 3 is 2.60 bits per heavy atom. The zero-order chi connectivity index (χ0) is 18.7. The molecule has 0 fully saturated rings. The molecule has 0 aromatic heterocycles. The minimum absolute atomic E-state index is 0.352. The van der Waals surface area contributed by atoms with Crippen LogP contribution in [-0.2, 0) is 9.53 Å². The van der Waals surface area contributed by atoms with E-state index in [1.165, 1.54) is 5.57 Å². The molecule has 136 valence electrons. The fourth-order valence-electron chi connectivity index (χ4n) is 2.14. The molecule has 1 aromatic carbocycles. The lowest BCUT2D eigenvalue weighted by Gasteiger charge is -2.19. The van der Waals surface area contributed by atoms with Crippen molar-refractivity contribution in [2.24, 2.45) is 0 Å². The van der Waals surface area contributed by atoms with Crippen LogP contribution >= 0.6 is 0 Å². The first-order valence-corrected chi connectivity index (χ1v) is 8.50. The Labute approximate surface area is 150 Å². The lowest BCUT2D eigenvalue weighted by molar-refractivity contribution is -0.105. The van der Waals surface area contributed by atoms with Gasteiger partial charge in [-0.05, 0) is 63.8 Å². The third kappa shape index (κ3) is 8.74. The fourth-order valence-corrected chi connectivity index (χ4v) is 2.14. The van der Waals surface area contributed by atoms with Crippen molar-refractivity contribution in [3.8, 4) is 0 Å². The molecular weight excluding hydrogens is 316 g/mol. The quantitative estimate of drug-likeness (QED) is 0.789. The van der Waals surface area contributed by atoms with Crippen LogP contribution in [0.4, 0.5) is 10.5 Å². The van der Waals surface area contributed by atoms with Crippen LogP contribution in [0, 0.1) is 0 Å². The molecule has 0 saturated heterocycles. The van der Waals surface area contributed by atoms with Crippen molar-refractivity contribution in [3.05, 3.63) is 48.1 Å². The van der Waals surface area contributed by atoms with Gasteiger partial charge < -0.3 is 15.4 Å². The highest BCUT2D eigenvalue weighted by Gasteiger charge is 2.14. The fraction of sp³-hybridized carbons (Fsp3) is 0.400. The summed E-state index contributed by atoms with van der Waals surface area (Å²) in [6, 6.07) is 7.86. The first kappa shape index (κ1) is 20.5. The molecule has 25 heavy (non-hydrogen) atoms. The summed E-state index contributed by atoms with van der Waals surface area (Å²) in [6.45, 7) is 7.96. The molecule has 1 aliphatic carbocycles. The van der Waals surface area contributed by atoms with Crippen LogP contribution in [0.25, 0.3) is 5.57 Å². The largest absolute Gasteiger partial charge is 0.444 e. The number of carbonyl (C=O) groups is 2. The van der Waals surface area contributed by atoms with E-state index in [1.54, 1.807) is 0 Å². The summed E-state index contributed by atoms with van der Waals surface area (Å²) in [6.07, 6.45) is 9.09. The molecule has 2 N–H and O–H groups in total. The number of allylic oxidation sites excluding steroid dienone is 4. The van der Waals surface area contributed by atoms with Gasteiger partial charge in [-0.1, -0.05) is 30.4 Å². The van der Waals surface area contributed by atoms with E-state index < -0.39 is 0 Å². The number of alkyl carbamates (subject to hydrolysis) is 1. The first-order chi connectivity index (χ1) is 11.9. The summed E-state index contributed by atoms with van der Waals surface area (Å²) in [7, 11) is 0. The van der Waals surface area contributed by atoms with Crippen molar-refractivity contribution >= 4 is 23.8 Å². The third-order valence-corrected chi connectivity index (χ3v) is 3.14. The van der Waals surface area contributed by atoms with Gasteiger partial charge in [0.05, 0.1) is 0 Å². The predicted octanol–water partition coefficient (Wildman–Crippen LogP) is 4.52. The van der Waals surface area contributed by atoms with Gasteiger partial charge in [0.2, 0.25) is 6.41 Å². The second kappa shape index (κ2) is 10.3. The minimum atomic E-state index is -0.390. The number of nitrogens with one attached hydrogen (secondary N) is 2. The van der Waals surface area contributed by atoms with Crippen molar-refractivity contribution in [1.29, 1.82) is 0 Å². The number of amides is 2. The second-order valence-corrected chi connectivity index (χ2v) is 6.51. The minimum Gasteiger partial charge on any atom is -0.444 e. The van der Waals surface area contributed by atoms with Crippen molar-refractivity contribution in [1.82, 2.24) is 5.32 Å². The molecule has 2 amide bonds. The Morgan fingerprint density at radius 2 is 2.04 bits per heavy atom. The van der Waals surface area contributed by atoms with Gasteiger partial charge in [0, 0.05) is 12.2 Å². The molecule has 5 heteroatoms. The maximum atomic E-state index is 10.7. The van der Waals surface area contributed by atoms with E-state index in [4.69, 9.17) is 4.74 Å². The van der Waals surface area contributed by atoms with E-state index in [-0.39, 0.29) is 11.7 Å². The van der Waals surface area contributed by atoms with Crippen molar-refractivity contribution in [2.75, 3.05) is 11.9 Å². The first-order valence-electron chi connectivity index (χ1n) is 8.50. The van der Waals surface area contributed by atoms with Crippen LogP contribution in [0.15, 0.2) is 42.5 Å². The summed E-state index contributed by atoms with van der Waals surface area (Å²) in [5, 5.41) is 5.20. The highest BCUT2D eigenvalue weighted by atomic mass is 16.6. The molecule has 0 atom stereocenters. The van der Waals surface area contributed by atoms with Crippen molar-refractivity contribution in [2.45, 2.75) is 46.1 Å². The number of ether oxygens (including phenoxy) is 1. The predicted molar refractivity (Wildman–Crippen MR) is 102 cm³/mol. The summed E-state index contributed by atoms with van der Waals surface area (Å²) in [5.74, 6) is 0. The van der Waals surface area contributed by atoms with Gasteiger partial charge >= 0.3 is 6.09 Å². The number of carbonyl (C=O) groups excluding carboxylic acids is 2. The van der Waals surface area contributed by atoms with E-state index >= 15 is 0 Å². The lowest BCUT2D eigenvalue weighted by Crippen LogP contribution is -2.32. The Kier molecular flexibility index (Phi) is 8.47. The van der Waals surface area contributed by atoms with Gasteiger partial charge in [0.1, 0.15) is 5.60 Å². The van der Waals surface area contributed by atoms with Crippen LogP contribution in [0.5, 0.6) is 0 Å². The van der Waals surface area contributed by atoms with Crippen LogP contribution in [-0.4, -0.2) is 24.6 Å². The molecule has 1 aromatic rings. The average molecular weight is 344 g/mol. The third-order valence-electron chi connectivity index (χ3n) is 3.14. The molecule has 0 heterocycles. The van der Waals surface area contributed by atoms with Crippen molar-refractivity contribution in [3.63, 3.8) is 0 Å². The van der Waals surface area contributed by atoms with Gasteiger partial charge in [0.25, 0.3) is 0 Å². The molecule has 0 spiro atoms. The summed E-state index contributed by atoms with van der Waals surface area (Å²) in [5.41, 5.74) is 2.83. The summed E-state index contributed by atoms with van der Waals surface area (Å²) < 4.78 is 4.93. The number of anilines is 1. The van der Waals surface area contributed by atoms with Crippen LogP contribution in [0.1, 0.15) is 46.1 Å². The maximum Gasteiger partial charge on any atom is 0.407 e. The standard InChI is InChI=1S/C13H13NO.C7H15NO2/c15-10-14-13-8-4-7-12(9-13)11-5-2-1-3-6-11;1-5-8-6(9)10-7(2,3)4/h2,4-10H,1,3H2,(H,14,15);5H2,1-4H3,(H,8,9). The molecule has 1 aliphatic rings. The van der Waals surface area contributed by atoms with Crippen LogP contribution < -0.4 is 10.6 Å². The Balaban J connectivity index is 0.000000275. The highest BCUT2D eigenvalue weighted by Crippen LogP contribution is 2.23. The molecule has 5 nitrogen and oxygen atoms in total. The average Bonchev–Trinajstić information content (AvgIpc) is 2.55. The Morgan fingerprint density at radius 1 is 1.28 bits per heavy atom. The Bertz CT molecular complexity index is 628. The molecule has 0 aliphatic heterocycles. The van der Waals surface area contributed by atoms with E-state index in [2.05, 4.69) is 34.9 Å². The lowest BCUT2D eigenvalue weighted by atomic mass is 9.99. The van der Waals surface area contributed by atoms with Crippen molar-refractivity contribution < 1.29 is 14.3 Å². The van der Waals surface area contributed by atoms with E-state index in [9.17, 15) is 9.59 Å².